The molecule has 0 aromatic heterocycles. The molecule has 0 amide bonds. The van der Waals surface area contributed by atoms with Gasteiger partial charge < -0.3 is 0 Å². The molecule has 7 aromatic rings. The first-order valence-corrected chi connectivity index (χ1v) is 27.2. The number of hydrogen-bond acceptors (Lipinski definition) is 0. The molecule has 72 heavy (non-hydrogen) atoms. The van der Waals surface area contributed by atoms with Gasteiger partial charge in [0.05, 0.1) is 0 Å². The molecule has 0 spiro atoms. The lowest BCUT2D eigenvalue weighted by molar-refractivity contribution is 0.982. The van der Waals surface area contributed by atoms with Crippen LogP contribution in [-0.2, 0) is 38.5 Å². The largest absolute Gasteiger partial charge is 0.0555 e. The maximum absolute atomic E-state index is 2.48. The van der Waals surface area contributed by atoms with Crippen molar-refractivity contribution in [2.75, 3.05) is 0 Å². The molecule has 0 radical (unpaired) electrons. The van der Waals surface area contributed by atoms with Gasteiger partial charge in [0, 0.05) is 0 Å². The van der Waals surface area contributed by atoms with Crippen LogP contribution in [0.5, 0.6) is 0 Å². The molecule has 0 heterocycles. The van der Waals surface area contributed by atoms with Crippen LogP contribution in [0.1, 0.15) is 200 Å². The molecule has 0 unspecified atom stereocenters. The van der Waals surface area contributed by atoms with Crippen LogP contribution >= 0.6 is 0 Å². The van der Waals surface area contributed by atoms with Gasteiger partial charge in [0.25, 0.3) is 0 Å². The Hall–Kier alpha value is -5.46. The third-order valence-corrected chi connectivity index (χ3v) is 19.7. The van der Waals surface area contributed by atoms with Gasteiger partial charge in [-0.1, -0.05) is 47.5 Å². The Labute approximate surface area is 439 Å². The minimum Gasteiger partial charge on any atom is -0.0555 e. The minimum absolute atomic E-state index is 0.945. The molecule has 0 bridgehead atoms. The molecule has 378 valence electrons. The summed E-state index contributed by atoms with van der Waals surface area (Å²) in [7, 11) is 0. The zero-order valence-corrected chi connectivity index (χ0v) is 49.7. The summed E-state index contributed by atoms with van der Waals surface area (Å²) in [5.74, 6) is 0. The van der Waals surface area contributed by atoms with Gasteiger partial charge in [0.2, 0.25) is 0 Å². The molecule has 0 saturated heterocycles. The normalized spacial score (nSPS) is 11.7. The summed E-state index contributed by atoms with van der Waals surface area (Å²) in [4.78, 5) is 0. The van der Waals surface area contributed by atoms with Crippen LogP contribution in [0, 0.1) is 166 Å². The molecule has 7 rings (SSSR count). The Kier molecular flexibility index (Phi) is 15.7. The van der Waals surface area contributed by atoms with E-state index in [0.29, 0.717) is 0 Å². The Bertz CT molecular complexity index is 3130. The second-order valence-corrected chi connectivity index (χ2v) is 23.3. The van der Waals surface area contributed by atoms with Gasteiger partial charge in [-0.3, -0.25) is 0 Å². The maximum Gasteiger partial charge on any atom is -0.00175 e. The lowest BCUT2D eigenvalue weighted by Crippen LogP contribution is -2.11. The van der Waals surface area contributed by atoms with E-state index in [1.807, 2.05) is 0 Å². The Balaban J connectivity index is 1.23. The van der Waals surface area contributed by atoms with Crippen LogP contribution < -0.4 is 0 Å². The van der Waals surface area contributed by atoms with Crippen LogP contribution in [-0.4, -0.2) is 0 Å². The summed E-state index contributed by atoms with van der Waals surface area (Å²) >= 11 is 0. The highest BCUT2D eigenvalue weighted by molar-refractivity contribution is 5.60. The average Bonchev–Trinajstić information content (AvgIpc) is 3.34. The first kappa shape index (κ1) is 54.3. The standard InChI is InChI=1S/C72H90/c1-37-25-61(56(20)63(27-37)33-69-52(16)46(10)54(18)71(59(69)23)35-65-29-39(3)41(5)43(7)48(65)12)31-67-50(14)45(9)51(15)68(58(67)22)32-62-26-38(2)28-64(57(62)21)34-70-53(17)47(11)55(19)72(60(70)24)36-66-30-40(4)42(6)44(8)49(66)13/h25-30H,31-36H2,1-24H3. The van der Waals surface area contributed by atoms with Crippen molar-refractivity contribution in [2.24, 2.45) is 0 Å². The second-order valence-electron chi connectivity index (χ2n) is 23.3. The fraction of sp³-hybridized carbons (Fsp3) is 0.417. The topological polar surface area (TPSA) is 0 Å². The van der Waals surface area contributed by atoms with E-state index in [4.69, 9.17) is 0 Å². The molecule has 0 saturated carbocycles. The molecule has 7 aromatic carbocycles. The van der Waals surface area contributed by atoms with E-state index in [1.165, 1.54) is 200 Å². The van der Waals surface area contributed by atoms with Crippen LogP contribution in [0.4, 0.5) is 0 Å². The highest BCUT2D eigenvalue weighted by Crippen LogP contribution is 2.38. The van der Waals surface area contributed by atoms with E-state index in [-0.39, 0.29) is 0 Å². The molecule has 0 nitrogen and oxygen atoms in total. The molecule has 0 aliphatic heterocycles. The SMILES string of the molecule is Cc1cc(Cc2c(C)c(C)c(C)c(Cc3cc(C)cc(Cc4c(C)c(C)c(C)c(Cc5cc(C)c(C)c(C)c5C)c4C)c3C)c2C)c(C)c(Cc2c(C)c(C)c(C)c(Cc3cc(C)c(C)c(C)c3C)c2C)c1. The highest BCUT2D eigenvalue weighted by Gasteiger charge is 2.23. The van der Waals surface area contributed by atoms with Crippen molar-refractivity contribution >= 4 is 0 Å². The van der Waals surface area contributed by atoms with Crippen molar-refractivity contribution in [2.45, 2.75) is 205 Å². The molecule has 0 heteroatoms. The van der Waals surface area contributed by atoms with Crippen molar-refractivity contribution in [3.8, 4) is 0 Å². The van der Waals surface area contributed by atoms with E-state index in [0.717, 1.165) is 38.5 Å². The first-order chi connectivity index (χ1) is 33.7. The lowest BCUT2D eigenvalue weighted by atomic mass is 9.80. The zero-order valence-electron chi connectivity index (χ0n) is 49.7. The quantitative estimate of drug-likeness (QED) is 0.114. The predicted octanol–water partition coefficient (Wildman–Crippen LogP) is 18.6. The minimum atomic E-state index is 0.945. The van der Waals surface area contributed by atoms with Crippen molar-refractivity contribution in [1.29, 1.82) is 0 Å². The smallest absolute Gasteiger partial charge is 0.00175 e. The van der Waals surface area contributed by atoms with E-state index < -0.39 is 0 Å². The van der Waals surface area contributed by atoms with Gasteiger partial charge in [-0.15, -0.1) is 0 Å². The highest BCUT2D eigenvalue weighted by atomic mass is 14.3. The Morgan fingerprint density at radius 2 is 0.347 bits per heavy atom. The average molecular weight is 956 g/mol. The zero-order chi connectivity index (χ0) is 53.3. The summed E-state index contributed by atoms with van der Waals surface area (Å²) in [5, 5.41) is 0. The molecular weight excluding hydrogens is 865 g/mol. The van der Waals surface area contributed by atoms with Crippen molar-refractivity contribution < 1.29 is 0 Å². The van der Waals surface area contributed by atoms with Gasteiger partial charge in [-0.25, -0.2) is 0 Å². The molecule has 0 aliphatic carbocycles. The summed E-state index contributed by atoms with van der Waals surface area (Å²) in [6, 6.07) is 14.8. The second kappa shape index (κ2) is 20.8. The molecule has 0 atom stereocenters. The third kappa shape index (κ3) is 9.86. The van der Waals surface area contributed by atoms with Crippen LogP contribution in [0.25, 0.3) is 0 Å². The predicted molar refractivity (Wildman–Crippen MR) is 316 cm³/mol. The van der Waals surface area contributed by atoms with E-state index in [9.17, 15) is 0 Å². The molecule has 0 aliphatic rings. The monoisotopic (exact) mass is 955 g/mol. The molecular formula is C72H90. The van der Waals surface area contributed by atoms with Gasteiger partial charge in [0.1, 0.15) is 0 Å². The molecule has 0 fully saturated rings. The first-order valence-electron chi connectivity index (χ1n) is 27.2. The molecule has 0 N–H and O–H groups in total. The van der Waals surface area contributed by atoms with Crippen LogP contribution in [0.3, 0.4) is 0 Å². The number of benzene rings is 7. The van der Waals surface area contributed by atoms with E-state index in [1.54, 1.807) is 0 Å². The van der Waals surface area contributed by atoms with Gasteiger partial charge >= 0.3 is 0 Å². The van der Waals surface area contributed by atoms with Gasteiger partial charge in [-0.2, -0.15) is 0 Å². The summed E-state index contributed by atoms with van der Waals surface area (Å²) in [5.41, 5.74) is 52.2. The van der Waals surface area contributed by atoms with Gasteiger partial charge in [0.15, 0.2) is 0 Å². The number of hydrogen-bond donors (Lipinski definition) is 0. The van der Waals surface area contributed by atoms with Crippen molar-refractivity contribution in [1.82, 2.24) is 0 Å². The third-order valence-electron chi connectivity index (χ3n) is 19.7. The lowest BCUT2D eigenvalue weighted by Gasteiger charge is -2.25. The van der Waals surface area contributed by atoms with E-state index in [2.05, 4.69) is 203 Å². The van der Waals surface area contributed by atoms with E-state index >= 15 is 0 Å². The summed E-state index contributed by atoms with van der Waals surface area (Å²) in [6.45, 7) is 56.2. The van der Waals surface area contributed by atoms with Crippen LogP contribution in [0.2, 0.25) is 0 Å². The maximum atomic E-state index is 2.48. The van der Waals surface area contributed by atoms with Crippen molar-refractivity contribution in [3.05, 3.63) is 237 Å². The Morgan fingerprint density at radius 1 is 0.167 bits per heavy atom. The number of aryl methyl sites for hydroxylation is 4. The fourth-order valence-corrected chi connectivity index (χ4v) is 12.9. The fourth-order valence-electron chi connectivity index (χ4n) is 12.9. The summed E-state index contributed by atoms with van der Waals surface area (Å²) in [6.07, 6.45) is 5.76. The summed E-state index contributed by atoms with van der Waals surface area (Å²) < 4.78 is 0. The number of rotatable bonds is 12. The van der Waals surface area contributed by atoms with Gasteiger partial charge in [-0.05, 0) is 394 Å². The Morgan fingerprint density at radius 3 is 0.556 bits per heavy atom. The van der Waals surface area contributed by atoms with Crippen LogP contribution in [0.15, 0.2) is 36.4 Å². The van der Waals surface area contributed by atoms with Crippen molar-refractivity contribution in [3.63, 3.8) is 0 Å².